The van der Waals surface area contributed by atoms with Crippen LogP contribution in [0, 0.1) is 16.1 Å². The van der Waals surface area contributed by atoms with Crippen LogP contribution in [0.25, 0.3) is 0 Å². The number of aryl methyl sites for hydroxylation is 1. The highest BCUT2D eigenvalue weighted by Crippen LogP contribution is 2.48. The third kappa shape index (κ3) is 2.42. The molecule has 1 aliphatic rings. The molecule has 0 amide bonds. The number of hydrogen-bond acceptors (Lipinski definition) is 2. The van der Waals surface area contributed by atoms with E-state index in [1.807, 2.05) is 26.8 Å². The number of aliphatic carboxylic acids is 1. The summed E-state index contributed by atoms with van der Waals surface area (Å²) in [5.41, 5.74) is 1.01. The summed E-state index contributed by atoms with van der Waals surface area (Å²) in [5, 5.41) is 10.4. The van der Waals surface area contributed by atoms with Gasteiger partial charge in [-0.2, -0.15) is 0 Å². The monoisotopic (exact) mass is 344 g/mol. The molecule has 24 heavy (non-hydrogen) atoms. The van der Waals surface area contributed by atoms with Gasteiger partial charge in [0, 0.05) is 12.4 Å². The summed E-state index contributed by atoms with van der Waals surface area (Å²) in [4.78, 5) is 15.6. The molecule has 0 saturated heterocycles. The number of aromatic nitrogens is 2. The van der Waals surface area contributed by atoms with Crippen molar-refractivity contribution in [3.63, 3.8) is 0 Å². The SMILES string of the molecule is CC(C)(C)C(C(=O)O)(C1CCc2ccccc2C1)n1cc[nH]c1=S. The van der Waals surface area contributed by atoms with Gasteiger partial charge >= 0.3 is 5.97 Å². The van der Waals surface area contributed by atoms with Crippen molar-refractivity contribution in [1.82, 2.24) is 9.55 Å². The first-order valence-electron chi connectivity index (χ1n) is 8.35. The smallest absolute Gasteiger partial charge is 0.330 e. The Balaban J connectivity index is 2.18. The first-order valence-corrected chi connectivity index (χ1v) is 8.76. The van der Waals surface area contributed by atoms with Crippen molar-refractivity contribution in [2.75, 3.05) is 0 Å². The number of carbonyl (C=O) groups is 1. The number of hydrogen-bond donors (Lipinski definition) is 2. The average Bonchev–Trinajstić information content (AvgIpc) is 2.92. The standard InChI is InChI=1S/C19H24N2O2S/c1-18(2,3)19(16(22)23,21-11-10-20-17(21)24)15-9-8-13-6-4-5-7-14(13)12-15/h4-7,10-11,15H,8-9,12H2,1-3H3,(H,20,24)(H,22,23). The summed E-state index contributed by atoms with van der Waals surface area (Å²) in [5.74, 6) is -0.831. The molecule has 1 heterocycles. The van der Waals surface area contributed by atoms with Gasteiger partial charge in [-0.3, -0.25) is 0 Å². The van der Waals surface area contributed by atoms with Crippen LogP contribution in [-0.2, 0) is 23.2 Å². The molecule has 0 radical (unpaired) electrons. The summed E-state index contributed by atoms with van der Waals surface area (Å²) in [6.07, 6.45) is 6.01. The Bertz CT molecular complexity index is 815. The third-order valence-corrected chi connectivity index (χ3v) is 5.75. The van der Waals surface area contributed by atoms with Crippen LogP contribution in [0.15, 0.2) is 36.7 Å². The van der Waals surface area contributed by atoms with Gasteiger partial charge < -0.3 is 14.7 Å². The molecule has 0 saturated carbocycles. The first kappa shape index (κ1) is 17.0. The van der Waals surface area contributed by atoms with Gasteiger partial charge in [0.2, 0.25) is 0 Å². The Morgan fingerprint density at radius 1 is 1.29 bits per heavy atom. The van der Waals surface area contributed by atoms with Gasteiger partial charge in [0.15, 0.2) is 10.3 Å². The molecule has 3 rings (SSSR count). The van der Waals surface area contributed by atoms with Crippen molar-refractivity contribution >= 4 is 18.2 Å². The van der Waals surface area contributed by atoms with Crippen LogP contribution in [0.4, 0.5) is 0 Å². The Morgan fingerprint density at radius 2 is 1.96 bits per heavy atom. The fraction of sp³-hybridized carbons (Fsp3) is 0.474. The van der Waals surface area contributed by atoms with Gasteiger partial charge in [-0.1, -0.05) is 45.0 Å². The zero-order valence-corrected chi connectivity index (χ0v) is 15.2. The van der Waals surface area contributed by atoms with Crippen molar-refractivity contribution in [3.05, 3.63) is 52.6 Å². The molecule has 2 atom stereocenters. The van der Waals surface area contributed by atoms with E-state index in [1.54, 1.807) is 17.0 Å². The molecule has 0 fully saturated rings. The van der Waals surface area contributed by atoms with E-state index < -0.39 is 16.9 Å². The van der Waals surface area contributed by atoms with Gasteiger partial charge in [0.05, 0.1) is 0 Å². The molecule has 1 aliphatic carbocycles. The average molecular weight is 344 g/mol. The van der Waals surface area contributed by atoms with E-state index in [0.717, 1.165) is 19.3 Å². The Labute approximate surface area is 147 Å². The van der Waals surface area contributed by atoms with Gasteiger partial charge in [-0.25, -0.2) is 4.79 Å². The predicted molar refractivity (Wildman–Crippen MR) is 96.6 cm³/mol. The maximum atomic E-state index is 12.6. The summed E-state index contributed by atoms with van der Waals surface area (Å²) < 4.78 is 2.23. The second kappa shape index (κ2) is 5.88. The van der Waals surface area contributed by atoms with E-state index in [0.29, 0.717) is 4.77 Å². The van der Waals surface area contributed by atoms with Crippen molar-refractivity contribution in [2.24, 2.45) is 11.3 Å². The zero-order chi connectivity index (χ0) is 17.5. The molecule has 0 spiro atoms. The minimum atomic E-state index is -1.09. The number of aromatic amines is 1. The van der Waals surface area contributed by atoms with Crippen LogP contribution in [0.5, 0.6) is 0 Å². The molecule has 0 bridgehead atoms. The molecule has 2 unspecified atom stereocenters. The molecule has 4 nitrogen and oxygen atoms in total. The Morgan fingerprint density at radius 3 is 2.50 bits per heavy atom. The number of H-pyrrole nitrogens is 1. The van der Waals surface area contributed by atoms with Gasteiger partial charge in [-0.05, 0) is 53.9 Å². The molecule has 0 aliphatic heterocycles. The van der Waals surface area contributed by atoms with E-state index in [9.17, 15) is 9.90 Å². The quantitative estimate of drug-likeness (QED) is 0.821. The number of carboxylic acids is 1. The van der Waals surface area contributed by atoms with Crippen molar-refractivity contribution in [2.45, 2.75) is 45.6 Å². The fourth-order valence-corrected chi connectivity index (χ4v) is 4.69. The minimum absolute atomic E-state index is 0.0209. The lowest BCUT2D eigenvalue weighted by molar-refractivity contribution is -0.160. The Kier molecular flexibility index (Phi) is 4.16. The minimum Gasteiger partial charge on any atom is -0.479 e. The van der Waals surface area contributed by atoms with Crippen LogP contribution in [0.3, 0.4) is 0 Å². The lowest BCUT2D eigenvalue weighted by atomic mass is 9.61. The Hall–Kier alpha value is -1.88. The number of fused-ring (bicyclic) bond motifs is 1. The topological polar surface area (TPSA) is 58.0 Å². The third-order valence-electron chi connectivity index (χ3n) is 5.44. The number of nitrogens with zero attached hydrogens (tertiary/aromatic N) is 1. The molecule has 5 heteroatoms. The summed E-state index contributed by atoms with van der Waals surface area (Å²) in [7, 11) is 0. The second-order valence-corrected chi connectivity index (χ2v) is 8.05. The van der Waals surface area contributed by atoms with Gasteiger partial charge in [-0.15, -0.1) is 0 Å². The van der Waals surface area contributed by atoms with Crippen LogP contribution in [0.2, 0.25) is 0 Å². The molecule has 1 aromatic heterocycles. The first-order chi connectivity index (χ1) is 11.3. The molecule has 1 aromatic carbocycles. The molecule has 2 aromatic rings. The fourth-order valence-electron chi connectivity index (χ4n) is 4.42. The van der Waals surface area contributed by atoms with Crippen molar-refractivity contribution < 1.29 is 9.90 Å². The van der Waals surface area contributed by atoms with E-state index in [-0.39, 0.29) is 5.92 Å². The zero-order valence-electron chi connectivity index (χ0n) is 14.4. The number of benzene rings is 1. The summed E-state index contributed by atoms with van der Waals surface area (Å²) in [6.45, 7) is 5.99. The maximum absolute atomic E-state index is 12.6. The summed E-state index contributed by atoms with van der Waals surface area (Å²) >= 11 is 5.41. The molecule has 128 valence electrons. The van der Waals surface area contributed by atoms with Gasteiger partial charge in [0.25, 0.3) is 0 Å². The highest BCUT2D eigenvalue weighted by molar-refractivity contribution is 7.71. The van der Waals surface area contributed by atoms with Crippen LogP contribution >= 0.6 is 12.2 Å². The molecular weight excluding hydrogens is 320 g/mol. The lowest BCUT2D eigenvalue weighted by Crippen LogP contribution is -2.58. The van der Waals surface area contributed by atoms with Crippen molar-refractivity contribution in [1.29, 1.82) is 0 Å². The molecular formula is C19H24N2O2S. The van der Waals surface area contributed by atoms with Crippen LogP contribution in [-0.4, -0.2) is 20.6 Å². The number of rotatable bonds is 3. The second-order valence-electron chi connectivity index (χ2n) is 7.67. The summed E-state index contributed by atoms with van der Waals surface area (Å²) in [6, 6.07) is 8.35. The lowest BCUT2D eigenvalue weighted by Gasteiger charge is -2.49. The largest absolute Gasteiger partial charge is 0.479 e. The van der Waals surface area contributed by atoms with Crippen LogP contribution < -0.4 is 0 Å². The highest BCUT2D eigenvalue weighted by atomic mass is 32.1. The normalized spacial score (nSPS) is 20.2. The van der Waals surface area contributed by atoms with E-state index >= 15 is 0 Å². The van der Waals surface area contributed by atoms with E-state index in [4.69, 9.17) is 12.2 Å². The van der Waals surface area contributed by atoms with Gasteiger partial charge in [0.1, 0.15) is 0 Å². The predicted octanol–water partition coefficient (Wildman–Crippen LogP) is 4.18. The van der Waals surface area contributed by atoms with E-state index in [1.165, 1.54) is 11.1 Å². The number of nitrogens with one attached hydrogen (secondary N) is 1. The number of carboxylic acid groups (broad SMARTS) is 1. The van der Waals surface area contributed by atoms with Crippen LogP contribution in [0.1, 0.15) is 38.3 Å². The number of imidazole rings is 1. The molecule has 2 N–H and O–H groups in total. The van der Waals surface area contributed by atoms with Crippen molar-refractivity contribution in [3.8, 4) is 0 Å². The maximum Gasteiger partial charge on any atom is 0.330 e. The highest BCUT2D eigenvalue weighted by Gasteiger charge is 2.56. The van der Waals surface area contributed by atoms with E-state index in [2.05, 4.69) is 23.2 Å².